The van der Waals surface area contributed by atoms with Crippen molar-refractivity contribution < 1.29 is 9.53 Å². The van der Waals surface area contributed by atoms with E-state index in [1.54, 1.807) is 0 Å². The molecule has 0 bridgehead atoms. The first-order valence-corrected chi connectivity index (χ1v) is 13.1. The summed E-state index contributed by atoms with van der Waals surface area (Å²) in [6.45, 7) is 3.50. The van der Waals surface area contributed by atoms with Crippen molar-refractivity contribution in [2.75, 3.05) is 18.5 Å². The van der Waals surface area contributed by atoms with Crippen LogP contribution >= 0.6 is 0 Å². The minimum Gasteiger partial charge on any atom is -0.493 e. The molecule has 1 amide bonds. The number of nitrogens with one attached hydrogen (secondary N) is 1. The summed E-state index contributed by atoms with van der Waals surface area (Å²) in [5.41, 5.74) is 3.82. The van der Waals surface area contributed by atoms with E-state index in [0.717, 1.165) is 47.0 Å². The normalized spacial score (nSPS) is 15.0. The van der Waals surface area contributed by atoms with Crippen LogP contribution in [0.15, 0.2) is 91.0 Å². The molecule has 5 rings (SSSR count). The van der Waals surface area contributed by atoms with Gasteiger partial charge in [-0.05, 0) is 47.4 Å². The third kappa shape index (κ3) is 5.08. The molecule has 184 valence electrons. The fraction of sp³-hybridized carbons (Fsp3) is 0.281. The number of unbranched alkanes of at least 4 members (excludes halogenated alkanes) is 3. The summed E-state index contributed by atoms with van der Waals surface area (Å²) in [7, 11) is 0. The highest BCUT2D eigenvalue weighted by Gasteiger charge is 2.35. The molecular formula is C32H34N2O2. The topological polar surface area (TPSA) is 41.6 Å². The number of carbonyl (C=O) groups is 1. The molecule has 0 radical (unpaired) electrons. The van der Waals surface area contributed by atoms with Gasteiger partial charge in [0.05, 0.1) is 12.2 Å². The van der Waals surface area contributed by atoms with Crippen molar-refractivity contribution >= 4 is 22.4 Å². The summed E-state index contributed by atoms with van der Waals surface area (Å²) in [5.74, 6) is 0.895. The van der Waals surface area contributed by atoms with Gasteiger partial charge in [-0.3, -0.25) is 4.79 Å². The zero-order valence-corrected chi connectivity index (χ0v) is 21.0. The van der Waals surface area contributed by atoms with E-state index >= 15 is 0 Å². The van der Waals surface area contributed by atoms with Crippen LogP contribution in [-0.4, -0.2) is 24.0 Å². The van der Waals surface area contributed by atoms with Gasteiger partial charge in [0.15, 0.2) is 0 Å². The van der Waals surface area contributed by atoms with Crippen LogP contribution < -0.4 is 10.1 Å². The molecule has 1 heterocycles. The Bertz CT molecular complexity index is 1320. The van der Waals surface area contributed by atoms with Gasteiger partial charge in [0, 0.05) is 17.8 Å². The second-order valence-electron chi connectivity index (χ2n) is 9.43. The Kier molecular flexibility index (Phi) is 7.51. The summed E-state index contributed by atoms with van der Waals surface area (Å²) in [6.07, 6.45) is 5.06. The number of para-hydroxylation sites is 1. The smallest absolute Gasteiger partial charge is 0.257 e. The Labute approximate surface area is 213 Å². The molecular weight excluding hydrogens is 444 g/mol. The molecule has 1 aliphatic heterocycles. The van der Waals surface area contributed by atoms with Crippen LogP contribution in [0.4, 0.5) is 5.69 Å². The highest BCUT2D eigenvalue weighted by Crippen LogP contribution is 2.40. The molecule has 1 aliphatic rings. The van der Waals surface area contributed by atoms with E-state index in [1.807, 2.05) is 47.4 Å². The number of nitrogens with zero attached hydrogens (tertiary/aromatic N) is 1. The molecule has 4 aromatic carbocycles. The van der Waals surface area contributed by atoms with Gasteiger partial charge in [-0.15, -0.1) is 0 Å². The SMILES string of the molecule is CCCCCCOc1ccc2ccccc2c1C1Nc2ccccc2C(=O)N1CCc1ccccc1. The standard InChI is InChI=1S/C32H34N2O2/c1-2-3-4-12-23-36-29-20-19-25-15-8-9-16-26(25)30(29)31-33-28-18-11-10-17-27(28)32(35)34(31)22-21-24-13-6-5-7-14-24/h5-11,13-20,31,33H,2-4,12,21-23H2,1H3. The number of carbonyl (C=O) groups excluding carboxylic acids is 1. The molecule has 0 spiro atoms. The second kappa shape index (κ2) is 11.3. The Morgan fingerprint density at radius 2 is 1.61 bits per heavy atom. The molecule has 0 saturated heterocycles. The fourth-order valence-electron chi connectivity index (χ4n) is 5.04. The average molecular weight is 479 g/mol. The third-order valence-corrected chi connectivity index (χ3v) is 6.97. The van der Waals surface area contributed by atoms with Crippen molar-refractivity contribution in [3.63, 3.8) is 0 Å². The highest BCUT2D eigenvalue weighted by atomic mass is 16.5. The maximum absolute atomic E-state index is 13.8. The van der Waals surface area contributed by atoms with Crippen molar-refractivity contribution in [2.45, 2.75) is 45.2 Å². The van der Waals surface area contributed by atoms with E-state index < -0.39 is 0 Å². The van der Waals surface area contributed by atoms with Crippen LogP contribution in [0.1, 0.15) is 60.3 Å². The van der Waals surface area contributed by atoms with Crippen molar-refractivity contribution in [1.82, 2.24) is 4.90 Å². The minimum atomic E-state index is -0.326. The molecule has 0 saturated carbocycles. The van der Waals surface area contributed by atoms with E-state index in [-0.39, 0.29) is 12.1 Å². The second-order valence-corrected chi connectivity index (χ2v) is 9.43. The number of hydrogen-bond donors (Lipinski definition) is 1. The van der Waals surface area contributed by atoms with Crippen LogP contribution in [0.5, 0.6) is 5.75 Å². The predicted octanol–water partition coefficient (Wildman–Crippen LogP) is 7.61. The van der Waals surface area contributed by atoms with Crippen LogP contribution in [-0.2, 0) is 6.42 Å². The van der Waals surface area contributed by atoms with E-state index in [0.29, 0.717) is 18.7 Å². The number of hydrogen-bond acceptors (Lipinski definition) is 3. The summed E-state index contributed by atoms with van der Waals surface area (Å²) in [6, 6.07) is 30.7. The van der Waals surface area contributed by atoms with E-state index in [9.17, 15) is 4.79 Å². The van der Waals surface area contributed by atoms with Crippen molar-refractivity contribution in [3.8, 4) is 5.75 Å². The summed E-state index contributed by atoms with van der Waals surface area (Å²) < 4.78 is 6.40. The highest BCUT2D eigenvalue weighted by molar-refractivity contribution is 6.02. The zero-order chi connectivity index (χ0) is 24.7. The van der Waals surface area contributed by atoms with Gasteiger partial charge in [0.1, 0.15) is 11.9 Å². The van der Waals surface area contributed by atoms with Crippen molar-refractivity contribution in [1.29, 1.82) is 0 Å². The molecule has 4 aromatic rings. The van der Waals surface area contributed by atoms with Crippen LogP contribution in [0.2, 0.25) is 0 Å². The first kappa shape index (κ1) is 23.9. The molecule has 4 nitrogen and oxygen atoms in total. The summed E-state index contributed by atoms with van der Waals surface area (Å²) in [4.78, 5) is 15.8. The molecule has 0 aromatic heterocycles. The monoisotopic (exact) mass is 478 g/mol. The Morgan fingerprint density at radius 1 is 0.833 bits per heavy atom. The number of benzene rings is 4. The third-order valence-electron chi connectivity index (χ3n) is 6.97. The van der Waals surface area contributed by atoms with Gasteiger partial charge in [0.25, 0.3) is 5.91 Å². The van der Waals surface area contributed by atoms with Gasteiger partial charge in [-0.1, -0.05) is 99.0 Å². The molecule has 1 N–H and O–H groups in total. The van der Waals surface area contributed by atoms with Crippen LogP contribution in [0.3, 0.4) is 0 Å². The number of anilines is 1. The van der Waals surface area contributed by atoms with E-state index in [2.05, 4.69) is 60.8 Å². The molecule has 1 atom stereocenters. The number of fused-ring (bicyclic) bond motifs is 2. The van der Waals surface area contributed by atoms with Crippen molar-refractivity contribution in [2.24, 2.45) is 0 Å². The van der Waals surface area contributed by atoms with Gasteiger partial charge < -0.3 is 15.0 Å². The lowest BCUT2D eigenvalue weighted by atomic mass is 9.97. The van der Waals surface area contributed by atoms with Gasteiger partial charge in [-0.2, -0.15) is 0 Å². The first-order chi connectivity index (χ1) is 17.8. The van der Waals surface area contributed by atoms with E-state index in [4.69, 9.17) is 4.74 Å². The quantitative estimate of drug-likeness (QED) is 0.239. The lowest BCUT2D eigenvalue weighted by Crippen LogP contribution is -2.44. The van der Waals surface area contributed by atoms with Crippen LogP contribution in [0, 0.1) is 0 Å². The molecule has 1 unspecified atom stereocenters. The maximum Gasteiger partial charge on any atom is 0.257 e. The van der Waals surface area contributed by atoms with Gasteiger partial charge in [-0.25, -0.2) is 0 Å². The Morgan fingerprint density at radius 3 is 2.47 bits per heavy atom. The predicted molar refractivity (Wildman–Crippen MR) is 148 cm³/mol. The maximum atomic E-state index is 13.8. The Balaban J connectivity index is 1.54. The molecule has 36 heavy (non-hydrogen) atoms. The number of rotatable bonds is 10. The molecule has 0 aliphatic carbocycles. The molecule has 0 fully saturated rings. The van der Waals surface area contributed by atoms with Crippen molar-refractivity contribution in [3.05, 3.63) is 108 Å². The van der Waals surface area contributed by atoms with Crippen LogP contribution in [0.25, 0.3) is 10.8 Å². The lowest BCUT2D eigenvalue weighted by Gasteiger charge is -2.39. The van der Waals surface area contributed by atoms with Gasteiger partial charge in [0.2, 0.25) is 0 Å². The fourth-order valence-corrected chi connectivity index (χ4v) is 5.04. The Hall–Kier alpha value is -3.79. The number of ether oxygens (including phenoxy) is 1. The minimum absolute atomic E-state index is 0.0483. The summed E-state index contributed by atoms with van der Waals surface area (Å²) in [5, 5.41) is 5.95. The largest absolute Gasteiger partial charge is 0.493 e. The molecule has 4 heteroatoms. The lowest BCUT2D eigenvalue weighted by molar-refractivity contribution is 0.0684. The van der Waals surface area contributed by atoms with Gasteiger partial charge >= 0.3 is 0 Å². The number of amides is 1. The van der Waals surface area contributed by atoms with E-state index in [1.165, 1.54) is 18.4 Å². The zero-order valence-electron chi connectivity index (χ0n) is 21.0. The summed E-state index contributed by atoms with van der Waals surface area (Å²) >= 11 is 0. The average Bonchev–Trinajstić information content (AvgIpc) is 2.93. The first-order valence-electron chi connectivity index (χ1n) is 13.1.